The van der Waals surface area contributed by atoms with Crippen molar-refractivity contribution in [1.29, 1.82) is 0 Å². The number of aromatic nitrogens is 1. The van der Waals surface area contributed by atoms with Gasteiger partial charge in [0.15, 0.2) is 0 Å². The number of pyridine rings is 1. The summed E-state index contributed by atoms with van der Waals surface area (Å²) in [4.78, 5) is 11.9. The van der Waals surface area contributed by atoms with E-state index in [4.69, 9.17) is 16.6 Å². The van der Waals surface area contributed by atoms with Crippen LogP contribution in [0.25, 0.3) is 10.4 Å². The number of anilines is 1. The van der Waals surface area contributed by atoms with Crippen LogP contribution in [0.4, 0.5) is 5.82 Å². The minimum absolute atomic E-state index is 0.0511. The summed E-state index contributed by atoms with van der Waals surface area (Å²) in [5.74, 6) is 7.45. The van der Waals surface area contributed by atoms with Gasteiger partial charge in [0.1, 0.15) is 11.7 Å². The zero-order valence-electron chi connectivity index (χ0n) is 18.7. The zero-order valence-corrected chi connectivity index (χ0v) is 19.6. The molecule has 7 heteroatoms. The second-order valence-corrected chi connectivity index (χ2v) is 9.34. The molecule has 1 saturated heterocycles. The van der Waals surface area contributed by atoms with Crippen molar-refractivity contribution >= 4 is 23.0 Å². The molecule has 0 amide bonds. The number of piperidine rings is 1. The van der Waals surface area contributed by atoms with E-state index in [1.165, 1.54) is 33.7 Å². The van der Waals surface area contributed by atoms with Crippen molar-refractivity contribution in [3.63, 3.8) is 0 Å². The second-order valence-electron chi connectivity index (χ2n) is 8.23. The highest BCUT2D eigenvalue weighted by Gasteiger charge is 2.19. The molecule has 2 aromatic rings. The Morgan fingerprint density at radius 2 is 2.10 bits per heavy atom. The van der Waals surface area contributed by atoms with Gasteiger partial charge in [-0.1, -0.05) is 11.6 Å². The number of nitrogens with two attached hydrogens (primary N) is 2. The smallest absolute Gasteiger partial charge is 0.146 e. The summed E-state index contributed by atoms with van der Waals surface area (Å²) in [6.45, 7) is 12.3. The molecule has 1 fully saturated rings. The number of hydrazine groups is 1. The lowest BCUT2D eigenvalue weighted by Crippen LogP contribution is -2.33. The summed E-state index contributed by atoms with van der Waals surface area (Å²) in [5.41, 5.74) is 13.1. The van der Waals surface area contributed by atoms with Crippen molar-refractivity contribution in [2.45, 2.75) is 52.0 Å². The molecule has 31 heavy (non-hydrogen) atoms. The molecule has 0 bridgehead atoms. The standard InChI is InChI=1S/C24H34N6S/c1-5-6-20(16(4)15(2)3)29-24(30-26)19-13-18(14-28-23(19)25)22-8-7-21(31-22)17-9-11-27-12-10-17/h5,7-8,13-14,17,20,27H,1,6,9-12,26H2,2-4H3,(H2,25,28)(H,29,30). The summed E-state index contributed by atoms with van der Waals surface area (Å²) < 4.78 is 0. The van der Waals surface area contributed by atoms with E-state index in [2.05, 4.69) is 55.2 Å². The quantitative estimate of drug-likeness (QED) is 0.169. The van der Waals surface area contributed by atoms with Crippen molar-refractivity contribution in [2.75, 3.05) is 18.8 Å². The van der Waals surface area contributed by atoms with Crippen LogP contribution in [-0.4, -0.2) is 30.0 Å². The summed E-state index contributed by atoms with van der Waals surface area (Å²) >= 11 is 1.84. The normalized spacial score (nSPS) is 16.1. The van der Waals surface area contributed by atoms with Crippen LogP contribution in [-0.2, 0) is 0 Å². The molecular weight excluding hydrogens is 404 g/mol. The van der Waals surface area contributed by atoms with Crippen molar-refractivity contribution in [1.82, 2.24) is 15.7 Å². The van der Waals surface area contributed by atoms with Gasteiger partial charge in [-0.3, -0.25) is 4.99 Å². The first-order valence-corrected chi connectivity index (χ1v) is 11.6. The average Bonchev–Trinajstić information content (AvgIpc) is 3.27. The molecule has 3 rings (SSSR count). The second kappa shape index (κ2) is 10.7. The Morgan fingerprint density at radius 1 is 1.35 bits per heavy atom. The maximum Gasteiger partial charge on any atom is 0.146 e. The van der Waals surface area contributed by atoms with Crippen molar-refractivity contribution in [2.24, 2.45) is 10.8 Å². The molecule has 0 spiro atoms. The van der Waals surface area contributed by atoms with Crippen LogP contribution >= 0.6 is 11.3 Å². The Labute approximate surface area is 189 Å². The van der Waals surface area contributed by atoms with Gasteiger partial charge in [0.05, 0.1) is 11.6 Å². The van der Waals surface area contributed by atoms with E-state index in [0.29, 0.717) is 23.1 Å². The van der Waals surface area contributed by atoms with Gasteiger partial charge in [0, 0.05) is 21.5 Å². The highest BCUT2D eigenvalue weighted by Crippen LogP contribution is 2.36. The molecule has 1 aliphatic heterocycles. The maximum absolute atomic E-state index is 6.23. The first-order chi connectivity index (χ1) is 14.9. The molecule has 1 aliphatic rings. The molecule has 0 radical (unpaired) electrons. The summed E-state index contributed by atoms with van der Waals surface area (Å²) in [6.07, 6.45) is 6.80. The van der Waals surface area contributed by atoms with Gasteiger partial charge in [0.25, 0.3) is 0 Å². The fourth-order valence-corrected chi connectivity index (χ4v) is 4.95. The Hall–Kier alpha value is -2.48. The zero-order chi connectivity index (χ0) is 22.4. The Morgan fingerprint density at radius 3 is 2.74 bits per heavy atom. The predicted molar refractivity (Wildman–Crippen MR) is 133 cm³/mol. The van der Waals surface area contributed by atoms with E-state index in [1.807, 2.05) is 29.7 Å². The molecular formula is C24H34N6S. The number of rotatable bonds is 7. The lowest BCUT2D eigenvalue weighted by Gasteiger charge is -2.21. The molecule has 1 unspecified atom stereocenters. The highest BCUT2D eigenvalue weighted by atomic mass is 32.1. The first-order valence-electron chi connectivity index (χ1n) is 10.8. The number of aliphatic imine (C=N–C) groups is 1. The largest absolute Gasteiger partial charge is 0.383 e. The molecule has 166 valence electrons. The molecule has 6 nitrogen and oxygen atoms in total. The summed E-state index contributed by atoms with van der Waals surface area (Å²) in [7, 11) is 0. The van der Waals surface area contributed by atoms with Gasteiger partial charge in [0.2, 0.25) is 0 Å². The molecule has 6 N–H and O–H groups in total. The number of allylic oxidation sites excluding steroid dienone is 1. The number of hydrogen-bond donors (Lipinski definition) is 4. The lowest BCUT2D eigenvalue weighted by atomic mass is 9.97. The van der Waals surface area contributed by atoms with Gasteiger partial charge >= 0.3 is 0 Å². The predicted octanol–water partition coefficient (Wildman–Crippen LogP) is 4.37. The van der Waals surface area contributed by atoms with E-state index in [0.717, 1.165) is 25.1 Å². The molecule has 0 aromatic carbocycles. The third kappa shape index (κ3) is 5.61. The van der Waals surface area contributed by atoms with Gasteiger partial charge in [-0.25, -0.2) is 10.8 Å². The van der Waals surface area contributed by atoms with Crippen LogP contribution in [0.15, 0.2) is 53.2 Å². The number of hydrogen-bond acceptors (Lipinski definition) is 6. The van der Waals surface area contributed by atoms with Crippen molar-refractivity contribution in [3.05, 3.63) is 58.6 Å². The fourth-order valence-electron chi connectivity index (χ4n) is 3.79. The summed E-state index contributed by atoms with van der Waals surface area (Å²) in [6, 6.07) is 6.41. The molecule has 0 aliphatic carbocycles. The van der Waals surface area contributed by atoms with Crippen LogP contribution in [0.1, 0.15) is 56.4 Å². The average molecular weight is 439 g/mol. The molecule has 1 atom stereocenters. The van der Waals surface area contributed by atoms with Crippen LogP contribution in [0, 0.1) is 0 Å². The molecule has 2 aromatic heterocycles. The number of amidine groups is 1. The van der Waals surface area contributed by atoms with E-state index < -0.39 is 0 Å². The van der Waals surface area contributed by atoms with E-state index in [9.17, 15) is 0 Å². The number of nitrogens with one attached hydrogen (secondary N) is 2. The highest BCUT2D eigenvalue weighted by molar-refractivity contribution is 7.15. The van der Waals surface area contributed by atoms with Crippen molar-refractivity contribution in [3.8, 4) is 10.4 Å². The van der Waals surface area contributed by atoms with Crippen LogP contribution < -0.4 is 22.3 Å². The third-order valence-electron chi connectivity index (χ3n) is 5.93. The minimum atomic E-state index is -0.0511. The van der Waals surface area contributed by atoms with Gasteiger partial charge < -0.3 is 16.5 Å². The van der Waals surface area contributed by atoms with E-state index in [1.54, 1.807) is 0 Å². The topological polar surface area (TPSA) is 101 Å². The van der Waals surface area contributed by atoms with Gasteiger partial charge in [-0.15, -0.1) is 17.9 Å². The summed E-state index contributed by atoms with van der Waals surface area (Å²) in [5, 5.41) is 3.43. The van der Waals surface area contributed by atoms with E-state index >= 15 is 0 Å². The monoisotopic (exact) mass is 438 g/mol. The first kappa shape index (κ1) is 23.2. The SMILES string of the molecule is C=CCC(N=C(NN)c1cc(-c2ccc(C3CCNCC3)s2)cnc1N)C(C)=C(C)C. The third-order valence-corrected chi connectivity index (χ3v) is 7.22. The Kier molecular flexibility index (Phi) is 8.01. The maximum atomic E-state index is 6.23. The lowest BCUT2D eigenvalue weighted by molar-refractivity contribution is 0.465. The van der Waals surface area contributed by atoms with Crippen LogP contribution in [0.5, 0.6) is 0 Å². The number of nitrogens with zero attached hydrogens (tertiary/aromatic N) is 2. The van der Waals surface area contributed by atoms with Crippen molar-refractivity contribution < 1.29 is 0 Å². The minimum Gasteiger partial charge on any atom is -0.383 e. The fraction of sp³-hybridized carbons (Fsp3) is 0.417. The number of nitrogen functional groups attached to an aromatic ring is 1. The molecule has 0 saturated carbocycles. The van der Waals surface area contributed by atoms with E-state index in [-0.39, 0.29) is 6.04 Å². The molecule has 3 heterocycles. The van der Waals surface area contributed by atoms with Gasteiger partial charge in [-0.05, 0) is 82.8 Å². The van der Waals surface area contributed by atoms with Gasteiger partial charge in [-0.2, -0.15) is 0 Å². The number of thiophene rings is 1. The van der Waals surface area contributed by atoms with Crippen LogP contribution in [0.2, 0.25) is 0 Å². The van der Waals surface area contributed by atoms with Crippen LogP contribution in [0.3, 0.4) is 0 Å². The Bertz CT molecular complexity index is 964. The Balaban J connectivity index is 1.94.